The van der Waals surface area contributed by atoms with Crippen molar-refractivity contribution in [1.29, 1.82) is 0 Å². The van der Waals surface area contributed by atoms with E-state index in [1.54, 1.807) is 0 Å². The fraction of sp³-hybridized carbons (Fsp3) is 0.500. The molecule has 1 amide bonds. The molecule has 0 aromatic heterocycles. The fourth-order valence-corrected chi connectivity index (χ4v) is 6.34. The number of fused-ring (bicyclic) bond motifs is 1. The van der Waals surface area contributed by atoms with E-state index >= 15 is 0 Å². The van der Waals surface area contributed by atoms with Crippen LogP contribution in [-0.2, 0) is 34.0 Å². The molecule has 2 aromatic rings. The van der Waals surface area contributed by atoms with Crippen molar-refractivity contribution in [1.82, 2.24) is 14.9 Å². The summed E-state index contributed by atoms with van der Waals surface area (Å²) in [5, 5.41) is 2.59. The van der Waals surface area contributed by atoms with Gasteiger partial charge in [-0.15, -0.1) is 0 Å². The third-order valence-corrected chi connectivity index (χ3v) is 8.48. The largest absolute Gasteiger partial charge is 0.416 e. The molecule has 1 aliphatic carbocycles. The first-order chi connectivity index (χ1) is 18.2. The summed E-state index contributed by atoms with van der Waals surface area (Å²) >= 11 is 0. The van der Waals surface area contributed by atoms with Crippen LogP contribution in [0.3, 0.4) is 0 Å². The van der Waals surface area contributed by atoms with Gasteiger partial charge in [-0.1, -0.05) is 24.3 Å². The number of benzene rings is 2. The van der Waals surface area contributed by atoms with Gasteiger partial charge in [0.2, 0.25) is 15.9 Å². The molecule has 214 valence electrons. The lowest BCUT2D eigenvalue weighted by atomic mass is 9.86. The van der Waals surface area contributed by atoms with Gasteiger partial charge < -0.3 is 5.32 Å². The first-order valence-corrected chi connectivity index (χ1v) is 14.1. The molecule has 2 aliphatic rings. The van der Waals surface area contributed by atoms with Gasteiger partial charge in [-0.25, -0.2) is 8.42 Å². The predicted molar refractivity (Wildman–Crippen MR) is 131 cm³/mol. The summed E-state index contributed by atoms with van der Waals surface area (Å²) in [5.41, 5.74) is 1.63. The quantitative estimate of drug-likeness (QED) is 0.429. The van der Waals surface area contributed by atoms with Crippen LogP contribution < -0.4 is 10.0 Å². The number of halogens is 6. The lowest BCUT2D eigenvalue weighted by Crippen LogP contribution is -2.48. The Morgan fingerprint density at radius 2 is 1.72 bits per heavy atom. The van der Waals surface area contributed by atoms with E-state index < -0.39 is 57.2 Å². The summed E-state index contributed by atoms with van der Waals surface area (Å²) in [6.07, 6.45) is -6.99. The van der Waals surface area contributed by atoms with Crippen LogP contribution in [0.1, 0.15) is 60.4 Å². The second-order valence-electron chi connectivity index (χ2n) is 9.97. The van der Waals surface area contributed by atoms with Crippen molar-refractivity contribution in [3.63, 3.8) is 0 Å². The molecule has 2 atom stereocenters. The van der Waals surface area contributed by atoms with Crippen LogP contribution in [0, 0.1) is 0 Å². The van der Waals surface area contributed by atoms with Gasteiger partial charge in [0, 0.05) is 6.54 Å². The smallest absolute Gasteiger partial charge is 0.349 e. The minimum absolute atomic E-state index is 0.243. The van der Waals surface area contributed by atoms with Crippen LogP contribution >= 0.6 is 0 Å². The number of carbonyl (C=O) groups is 1. The SMILES string of the molecule is O=C(C[C@H](NS(=O)(=O)c1cccc(C(F)(F)F)c1)C(F)(F)F)N[C@@H]1CCCc2cc(CN3CCCC3)ccc21. The van der Waals surface area contributed by atoms with Crippen molar-refractivity contribution in [3.05, 3.63) is 64.7 Å². The number of nitrogens with zero attached hydrogens (tertiary/aromatic N) is 1. The molecule has 6 nitrogen and oxygen atoms in total. The minimum Gasteiger partial charge on any atom is -0.349 e. The Morgan fingerprint density at radius 1 is 1.00 bits per heavy atom. The van der Waals surface area contributed by atoms with Gasteiger partial charge in [-0.05, 0) is 80.1 Å². The molecular formula is C26H29F6N3O3S. The molecule has 39 heavy (non-hydrogen) atoms. The van der Waals surface area contributed by atoms with Gasteiger partial charge in [0.25, 0.3) is 0 Å². The molecule has 0 bridgehead atoms. The van der Waals surface area contributed by atoms with Gasteiger partial charge in [-0.3, -0.25) is 9.69 Å². The number of nitrogens with one attached hydrogen (secondary N) is 2. The van der Waals surface area contributed by atoms with Gasteiger partial charge in [0.15, 0.2) is 0 Å². The Hall–Kier alpha value is -2.64. The van der Waals surface area contributed by atoms with Crippen molar-refractivity contribution in [2.45, 2.75) is 74.4 Å². The van der Waals surface area contributed by atoms with Crippen molar-refractivity contribution >= 4 is 15.9 Å². The summed E-state index contributed by atoms with van der Waals surface area (Å²) in [4.78, 5) is 14.0. The molecule has 13 heteroatoms. The van der Waals surface area contributed by atoms with Crippen molar-refractivity contribution in [3.8, 4) is 0 Å². The molecule has 0 radical (unpaired) electrons. The lowest BCUT2D eigenvalue weighted by molar-refractivity contribution is -0.158. The molecule has 1 saturated heterocycles. The molecule has 2 N–H and O–H groups in total. The monoisotopic (exact) mass is 577 g/mol. The maximum atomic E-state index is 13.7. The number of sulfonamides is 1. The molecule has 0 spiro atoms. The second kappa shape index (κ2) is 11.5. The molecule has 1 aliphatic heterocycles. The van der Waals surface area contributed by atoms with Gasteiger partial charge in [0.05, 0.1) is 22.9 Å². The molecule has 0 unspecified atom stereocenters. The Kier molecular flexibility index (Phi) is 8.62. The number of carbonyl (C=O) groups excluding carboxylic acids is 1. The Bertz CT molecular complexity index is 1290. The number of likely N-dealkylation sites (tertiary alicyclic amines) is 1. The van der Waals surface area contributed by atoms with Crippen LogP contribution in [0.4, 0.5) is 26.3 Å². The van der Waals surface area contributed by atoms with E-state index in [-0.39, 0.29) is 6.07 Å². The second-order valence-corrected chi connectivity index (χ2v) is 11.7. The molecule has 0 saturated carbocycles. The van der Waals surface area contributed by atoms with Crippen LogP contribution in [0.15, 0.2) is 47.4 Å². The number of aryl methyl sites for hydroxylation is 1. The van der Waals surface area contributed by atoms with Crippen molar-refractivity contribution in [2.75, 3.05) is 13.1 Å². The molecular weight excluding hydrogens is 548 g/mol. The summed E-state index contributed by atoms with van der Waals surface area (Å²) in [6.45, 7) is 2.88. The Labute approximate surface area is 222 Å². The van der Waals surface area contributed by atoms with Crippen LogP contribution in [0.25, 0.3) is 0 Å². The standard InChI is InChI=1S/C26H29F6N3O3S/c27-25(28,29)19-6-4-7-20(14-19)39(37,38)34-23(26(30,31)32)15-24(36)33-22-8-3-5-18-13-17(9-10-21(18)22)16-35-11-1-2-12-35/h4,6-7,9-10,13-14,22-23,34H,1-3,5,8,11-12,15-16H2,(H,33,36)/t22-,23+/m1/s1. The molecule has 1 heterocycles. The number of hydrogen-bond donors (Lipinski definition) is 2. The highest BCUT2D eigenvalue weighted by molar-refractivity contribution is 7.89. The number of rotatable bonds is 8. The van der Waals surface area contributed by atoms with E-state index in [1.165, 1.54) is 4.72 Å². The van der Waals surface area contributed by atoms with E-state index in [0.29, 0.717) is 12.5 Å². The molecule has 1 fully saturated rings. The maximum Gasteiger partial charge on any atom is 0.416 e. The zero-order valence-corrected chi connectivity index (χ0v) is 21.7. The first-order valence-electron chi connectivity index (χ1n) is 12.6. The summed E-state index contributed by atoms with van der Waals surface area (Å²) in [5.74, 6) is -1.02. The molecule has 4 rings (SSSR count). The summed E-state index contributed by atoms with van der Waals surface area (Å²) in [7, 11) is -5.02. The normalized spacial score (nSPS) is 19.5. The van der Waals surface area contributed by atoms with Crippen LogP contribution in [0.2, 0.25) is 0 Å². The van der Waals surface area contributed by atoms with E-state index in [0.717, 1.165) is 74.1 Å². The average molecular weight is 578 g/mol. The Balaban J connectivity index is 1.45. The highest BCUT2D eigenvalue weighted by Gasteiger charge is 2.44. The van der Waals surface area contributed by atoms with Crippen LogP contribution in [-0.4, -0.2) is 44.5 Å². The van der Waals surface area contributed by atoms with Crippen molar-refractivity contribution in [2.24, 2.45) is 0 Å². The highest BCUT2D eigenvalue weighted by atomic mass is 32.2. The fourth-order valence-electron chi connectivity index (χ4n) is 5.07. The van der Waals surface area contributed by atoms with Crippen molar-refractivity contribution < 1.29 is 39.6 Å². The van der Waals surface area contributed by atoms with E-state index in [4.69, 9.17) is 0 Å². The zero-order valence-electron chi connectivity index (χ0n) is 20.9. The first kappa shape index (κ1) is 29.3. The lowest BCUT2D eigenvalue weighted by Gasteiger charge is -2.28. The maximum absolute atomic E-state index is 13.7. The van der Waals surface area contributed by atoms with Crippen LogP contribution in [0.5, 0.6) is 0 Å². The summed E-state index contributed by atoms with van der Waals surface area (Å²) < 4.78 is 107. The minimum atomic E-state index is -5.17. The number of amides is 1. The third kappa shape index (κ3) is 7.52. The number of alkyl halides is 6. The Morgan fingerprint density at radius 3 is 2.38 bits per heavy atom. The summed E-state index contributed by atoms with van der Waals surface area (Å²) in [6, 6.07) is 4.90. The van der Waals surface area contributed by atoms with E-state index in [2.05, 4.69) is 16.3 Å². The average Bonchev–Trinajstić information content (AvgIpc) is 3.35. The van der Waals surface area contributed by atoms with E-state index in [1.807, 2.05) is 12.1 Å². The number of hydrogen-bond acceptors (Lipinski definition) is 4. The van der Waals surface area contributed by atoms with Gasteiger partial charge in [0.1, 0.15) is 6.04 Å². The molecule has 2 aromatic carbocycles. The third-order valence-electron chi connectivity index (χ3n) is 7.02. The zero-order chi connectivity index (χ0) is 28.4. The highest BCUT2D eigenvalue weighted by Crippen LogP contribution is 2.33. The topological polar surface area (TPSA) is 78.5 Å². The van der Waals surface area contributed by atoms with Gasteiger partial charge in [-0.2, -0.15) is 31.1 Å². The predicted octanol–water partition coefficient (Wildman–Crippen LogP) is 5.09. The van der Waals surface area contributed by atoms with E-state index in [9.17, 15) is 39.6 Å². The van der Waals surface area contributed by atoms with Gasteiger partial charge >= 0.3 is 12.4 Å².